The predicted octanol–water partition coefficient (Wildman–Crippen LogP) is 6.86. The van der Waals surface area contributed by atoms with Crippen LogP contribution in [0.5, 0.6) is 0 Å². The van der Waals surface area contributed by atoms with Crippen molar-refractivity contribution in [3.05, 3.63) is 63.5 Å². The summed E-state index contributed by atoms with van der Waals surface area (Å²) in [6.45, 7) is 9.94. The number of amides is 1. The van der Waals surface area contributed by atoms with Crippen molar-refractivity contribution in [3.63, 3.8) is 0 Å². The number of thioether (sulfide) groups is 1. The number of anilines is 2. The van der Waals surface area contributed by atoms with Crippen LogP contribution in [-0.4, -0.2) is 22.3 Å². The van der Waals surface area contributed by atoms with Crippen molar-refractivity contribution in [2.45, 2.75) is 45.6 Å². The van der Waals surface area contributed by atoms with Gasteiger partial charge in [0.2, 0.25) is 0 Å². The van der Waals surface area contributed by atoms with Crippen molar-refractivity contribution in [1.82, 2.24) is 0 Å². The molecule has 2 aliphatic heterocycles. The van der Waals surface area contributed by atoms with Crippen LogP contribution in [0.4, 0.5) is 11.4 Å². The van der Waals surface area contributed by atoms with Crippen LogP contribution < -0.4 is 9.80 Å². The number of hydrogen-bond acceptors (Lipinski definition) is 4. The molecule has 6 heteroatoms. The lowest BCUT2D eigenvalue weighted by atomic mass is 9.79. The van der Waals surface area contributed by atoms with Gasteiger partial charge in [-0.2, -0.15) is 0 Å². The molecule has 30 heavy (non-hydrogen) atoms. The van der Waals surface area contributed by atoms with Crippen LogP contribution in [0.3, 0.4) is 0 Å². The van der Waals surface area contributed by atoms with Crippen molar-refractivity contribution in [3.8, 4) is 0 Å². The van der Waals surface area contributed by atoms with Crippen LogP contribution in [0.15, 0.2) is 47.4 Å². The maximum Gasteiger partial charge on any atom is 0.270 e. The van der Waals surface area contributed by atoms with E-state index in [1.807, 2.05) is 36.4 Å². The molecule has 0 spiro atoms. The van der Waals surface area contributed by atoms with Crippen LogP contribution >= 0.6 is 35.6 Å². The van der Waals surface area contributed by atoms with E-state index in [2.05, 4.69) is 44.7 Å². The first-order valence-corrected chi connectivity index (χ1v) is 11.8. The Morgan fingerprint density at radius 1 is 1.27 bits per heavy atom. The summed E-state index contributed by atoms with van der Waals surface area (Å²) < 4.78 is 0.541. The summed E-state index contributed by atoms with van der Waals surface area (Å²) in [5, 5.41) is 0.655. The maximum absolute atomic E-state index is 13.1. The first-order valence-electron chi connectivity index (χ1n) is 10.2. The molecule has 2 aromatic carbocycles. The fraction of sp³-hybridized carbons (Fsp3) is 0.333. The third-order valence-corrected chi connectivity index (χ3v) is 7.54. The summed E-state index contributed by atoms with van der Waals surface area (Å²) in [7, 11) is 0. The van der Waals surface area contributed by atoms with Crippen molar-refractivity contribution >= 4 is 63.3 Å². The number of rotatable bonds is 3. The number of halogens is 1. The number of benzene rings is 2. The third kappa shape index (κ3) is 3.68. The highest BCUT2D eigenvalue weighted by Crippen LogP contribution is 2.46. The molecular formula is C24H25ClN2OS2. The fourth-order valence-corrected chi connectivity index (χ4v) is 6.14. The number of hydrogen-bond donors (Lipinski definition) is 0. The van der Waals surface area contributed by atoms with Gasteiger partial charge >= 0.3 is 0 Å². The van der Waals surface area contributed by atoms with Crippen molar-refractivity contribution in [2.24, 2.45) is 0 Å². The second kappa shape index (κ2) is 8.03. The van der Waals surface area contributed by atoms with Crippen molar-refractivity contribution in [1.29, 1.82) is 0 Å². The van der Waals surface area contributed by atoms with E-state index in [4.69, 9.17) is 23.8 Å². The molecule has 0 saturated carbocycles. The molecule has 0 bridgehead atoms. The Bertz CT molecular complexity index is 1050. The number of fused-ring (bicyclic) bond motifs is 1. The zero-order valence-corrected chi connectivity index (χ0v) is 20.0. The molecule has 0 radical (unpaired) electrons. The molecule has 1 atom stereocenters. The average Bonchev–Trinajstić information content (AvgIpc) is 2.96. The number of nitrogens with zero attached hydrogens (tertiary/aromatic N) is 2. The highest BCUT2D eigenvalue weighted by molar-refractivity contribution is 8.27. The number of para-hydroxylation sites is 1. The second-order valence-electron chi connectivity index (χ2n) is 8.45. The second-order valence-corrected chi connectivity index (χ2v) is 10.5. The normalized spacial score (nSPS) is 22.0. The van der Waals surface area contributed by atoms with Gasteiger partial charge in [-0.05, 0) is 74.6 Å². The minimum absolute atomic E-state index is 0.0874. The van der Waals surface area contributed by atoms with Gasteiger partial charge in [0.15, 0.2) is 4.32 Å². The first kappa shape index (κ1) is 21.4. The van der Waals surface area contributed by atoms with E-state index in [0.717, 1.165) is 24.2 Å². The van der Waals surface area contributed by atoms with E-state index in [-0.39, 0.29) is 11.4 Å². The Morgan fingerprint density at radius 2 is 1.97 bits per heavy atom. The number of carbonyl (C=O) groups excluding carboxylic acids is 1. The molecule has 1 amide bonds. The third-order valence-electron chi connectivity index (χ3n) is 5.92. The van der Waals surface area contributed by atoms with E-state index in [1.165, 1.54) is 23.0 Å². The summed E-state index contributed by atoms with van der Waals surface area (Å²) in [6, 6.07) is 13.7. The summed E-state index contributed by atoms with van der Waals surface area (Å²) in [6.07, 6.45) is 2.96. The molecule has 3 nitrogen and oxygen atoms in total. The number of thiocarbonyl (C=S) groups is 1. The lowest BCUT2D eigenvalue weighted by molar-refractivity contribution is -0.113. The van der Waals surface area contributed by atoms with Gasteiger partial charge in [0, 0.05) is 22.8 Å². The largest absolute Gasteiger partial charge is 0.366 e. The fourth-order valence-electron chi connectivity index (χ4n) is 4.64. The molecular weight excluding hydrogens is 432 g/mol. The molecule has 2 aromatic rings. The molecule has 0 N–H and O–H groups in total. The monoisotopic (exact) mass is 456 g/mol. The molecule has 0 aromatic heterocycles. The number of carbonyl (C=O) groups is 1. The van der Waals surface area contributed by atoms with Crippen LogP contribution in [0.1, 0.15) is 51.2 Å². The van der Waals surface area contributed by atoms with E-state index in [0.29, 0.717) is 20.2 Å². The highest BCUT2D eigenvalue weighted by Gasteiger charge is 2.37. The quantitative estimate of drug-likeness (QED) is 0.372. The van der Waals surface area contributed by atoms with Gasteiger partial charge in [0.25, 0.3) is 5.91 Å². The molecule has 2 heterocycles. The summed E-state index contributed by atoms with van der Waals surface area (Å²) in [5.74, 6) is 0.315. The summed E-state index contributed by atoms with van der Waals surface area (Å²) in [5.41, 5.74) is 4.22. The molecule has 0 aliphatic carbocycles. The van der Waals surface area contributed by atoms with E-state index < -0.39 is 0 Å². The van der Waals surface area contributed by atoms with Crippen LogP contribution in [0, 0.1) is 0 Å². The minimum atomic E-state index is -0.102. The molecule has 2 aliphatic rings. The smallest absolute Gasteiger partial charge is 0.270 e. The van der Waals surface area contributed by atoms with E-state index in [1.54, 1.807) is 4.90 Å². The van der Waals surface area contributed by atoms with Crippen LogP contribution in [0.2, 0.25) is 5.02 Å². The van der Waals surface area contributed by atoms with Crippen LogP contribution in [-0.2, 0) is 4.79 Å². The van der Waals surface area contributed by atoms with E-state index >= 15 is 0 Å². The molecule has 1 fully saturated rings. The Kier molecular flexibility index (Phi) is 5.73. The summed E-state index contributed by atoms with van der Waals surface area (Å²) >= 11 is 13.5. The average molecular weight is 457 g/mol. The van der Waals surface area contributed by atoms with Crippen molar-refractivity contribution < 1.29 is 4.79 Å². The Balaban J connectivity index is 1.73. The van der Waals surface area contributed by atoms with Crippen molar-refractivity contribution in [2.75, 3.05) is 16.3 Å². The minimum Gasteiger partial charge on any atom is -0.366 e. The topological polar surface area (TPSA) is 23.6 Å². The van der Waals surface area contributed by atoms with Gasteiger partial charge in [-0.15, -0.1) is 0 Å². The molecule has 1 saturated heterocycles. The SMILES string of the molecule is CCN1c2cc(Cl)c(/C=C3/SC(=S)N(c4ccccc4)C3=O)cc2C(C)CC1(C)C. The molecule has 156 valence electrons. The zero-order chi connectivity index (χ0) is 21.6. The van der Waals surface area contributed by atoms with Gasteiger partial charge in [0.05, 0.1) is 10.6 Å². The van der Waals surface area contributed by atoms with Gasteiger partial charge in [-0.3, -0.25) is 9.69 Å². The lowest BCUT2D eigenvalue weighted by Gasteiger charge is -2.47. The van der Waals surface area contributed by atoms with Gasteiger partial charge in [-0.25, -0.2) is 0 Å². The molecule has 1 unspecified atom stereocenters. The highest BCUT2D eigenvalue weighted by atomic mass is 35.5. The standard InChI is InChI=1S/C24H25ClN2OS2/c1-5-26-20-13-19(25)16(11-18(20)15(2)14-24(26,3)4)12-21-22(28)27(23(29)30-21)17-9-7-6-8-10-17/h6-13,15H,5,14H2,1-4H3/b21-12+. The lowest BCUT2D eigenvalue weighted by Crippen LogP contribution is -2.48. The van der Waals surface area contributed by atoms with E-state index in [9.17, 15) is 4.79 Å². The Hall–Kier alpha value is -1.82. The predicted molar refractivity (Wildman–Crippen MR) is 134 cm³/mol. The Morgan fingerprint density at radius 3 is 2.63 bits per heavy atom. The summed E-state index contributed by atoms with van der Waals surface area (Å²) in [4.78, 5) is 17.7. The van der Waals surface area contributed by atoms with Crippen LogP contribution in [0.25, 0.3) is 6.08 Å². The van der Waals surface area contributed by atoms with Gasteiger partial charge in [-0.1, -0.05) is 60.7 Å². The molecule has 4 rings (SSSR count). The van der Waals surface area contributed by atoms with Gasteiger partial charge < -0.3 is 4.90 Å². The first-order chi connectivity index (χ1) is 14.2. The Labute approximate surface area is 193 Å². The van der Waals surface area contributed by atoms with Gasteiger partial charge in [0.1, 0.15) is 0 Å². The zero-order valence-electron chi connectivity index (χ0n) is 17.6. The maximum atomic E-state index is 13.1.